The minimum atomic E-state index is 0.00486. The molecule has 0 amide bonds. The molecule has 3 heterocycles. The molecule has 1 aliphatic carbocycles. The van der Waals surface area contributed by atoms with E-state index in [0.29, 0.717) is 30.9 Å². The Labute approximate surface area is 191 Å². The van der Waals surface area contributed by atoms with Gasteiger partial charge >= 0.3 is 5.69 Å². The molecule has 1 saturated carbocycles. The second-order valence-corrected chi connectivity index (χ2v) is 8.72. The molecule has 6 rings (SSSR count). The predicted molar refractivity (Wildman–Crippen MR) is 126 cm³/mol. The topological polar surface area (TPSA) is 74.4 Å². The van der Waals surface area contributed by atoms with Crippen LogP contribution in [0, 0.1) is 0 Å². The van der Waals surface area contributed by atoms with Crippen LogP contribution in [0.5, 0.6) is 5.88 Å². The standard InChI is InChI=1S/C25H27N5O3/c31-25-29(21-7-3-4-8-22(21)30(25)18-9-10-18)17-23-26-20-6-2-1-5-19(20)24(27-23)33-16-13-28-11-14-32-15-12-28/h1-8,18H,9-17H2. The van der Waals surface area contributed by atoms with Gasteiger partial charge in [-0.2, -0.15) is 4.98 Å². The highest BCUT2D eigenvalue weighted by Gasteiger charge is 2.29. The first kappa shape index (κ1) is 20.4. The van der Waals surface area contributed by atoms with Gasteiger partial charge in [-0.05, 0) is 37.1 Å². The Bertz CT molecular complexity index is 1350. The Morgan fingerprint density at radius 2 is 1.73 bits per heavy atom. The molecule has 1 aliphatic heterocycles. The summed E-state index contributed by atoms with van der Waals surface area (Å²) < 4.78 is 15.3. The number of morpholine rings is 1. The summed E-state index contributed by atoms with van der Waals surface area (Å²) in [5, 5.41) is 0.885. The molecule has 2 fully saturated rings. The summed E-state index contributed by atoms with van der Waals surface area (Å²) >= 11 is 0. The fourth-order valence-corrected chi connectivity index (χ4v) is 4.58. The molecule has 8 nitrogen and oxygen atoms in total. The van der Waals surface area contributed by atoms with E-state index in [1.807, 2.05) is 53.1 Å². The second-order valence-electron chi connectivity index (χ2n) is 8.72. The molecular formula is C25H27N5O3. The van der Waals surface area contributed by atoms with Gasteiger partial charge in [-0.1, -0.05) is 24.3 Å². The van der Waals surface area contributed by atoms with Gasteiger partial charge in [0.25, 0.3) is 0 Å². The van der Waals surface area contributed by atoms with Gasteiger partial charge in [0.05, 0.1) is 41.7 Å². The van der Waals surface area contributed by atoms with Gasteiger partial charge in [0.2, 0.25) is 5.88 Å². The quantitative estimate of drug-likeness (QED) is 0.436. The first-order valence-electron chi connectivity index (χ1n) is 11.7. The molecule has 33 heavy (non-hydrogen) atoms. The van der Waals surface area contributed by atoms with E-state index in [1.165, 1.54) is 0 Å². The molecule has 0 radical (unpaired) electrons. The van der Waals surface area contributed by atoms with Gasteiger partial charge in [0.15, 0.2) is 5.82 Å². The fraction of sp³-hybridized carbons (Fsp3) is 0.400. The van der Waals surface area contributed by atoms with Gasteiger partial charge in [-0.25, -0.2) is 9.78 Å². The maximum absolute atomic E-state index is 13.3. The number of fused-ring (bicyclic) bond motifs is 2. The van der Waals surface area contributed by atoms with Crippen LogP contribution in [0.1, 0.15) is 24.7 Å². The zero-order chi connectivity index (χ0) is 22.2. The van der Waals surface area contributed by atoms with Crippen LogP contribution in [0.4, 0.5) is 0 Å². The van der Waals surface area contributed by atoms with E-state index in [2.05, 4.69) is 4.90 Å². The van der Waals surface area contributed by atoms with Crippen molar-refractivity contribution in [1.29, 1.82) is 0 Å². The Morgan fingerprint density at radius 3 is 2.55 bits per heavy atom. The molecule has 8 heteroatoms. The van der Waals surface area contributed by atoms with Crippen LogP contribution < -0.4 is 10.4 Å². The van der Waals surface area contributed by atoms with E-state index in [0.717, 1.165) is 67.6 Å². The highest BCUT2D eigenvalue weighted by molar-refractivity contribution is 5.83. The normalized spacial score (nSPS) is 17.1. The molecule has 2 aromatic carbocycles. The molecule has 0 unspecified atom stereocenters. The number of imidazole rings is 1. The molecule has 0 atom stereocenters. The minimum Gasteiger partial charge on any atom is -0.476 e. The van der Waals surface area contributed by atoms with E-state index in [-0.39, 0.29) is 5.69 Å². The van der Waals surface area contributed by atoms with E-state index < -0.39 is 0 Å². The largest absolute Gasteiger partial charge is 0.476 e. The molecule has 1 saturated heterocycles. The lowest BCUT2D eigenvalue weighted by molar-refractivity contribution is 0.0321. The van der Waals surface area contributed by atoms with Crippen molar-refractivity contribution >= 4 is 21.9 Å². The average molecular weight is 446 g/mol. The molecular weight excluding hydrogens is 418 g/mol. The highest BCUT2D eigenvalue weighted by Crippen LogP contribution is 2.36. The molecule has 2 aliphatic rings. The Hall–Kier alpha value is -3.23. The third-order valence-electron chi connectivity index (χ3n) is 6.45. The zero-order valence-corrected chi connectivity index (χ0v) is 18.5. The monoisotopic (exact) mass is 445 g/mol. The average Bonchev–Trinajstić information content (AvgIpc) is 3.65. The molecule has 0 bridgehead atoms. The van der Waals surface area contributed by atoms with Gasteiger partial charge in [0.1, 0.15) is 6.61 Å². The molecule has 2 aromatic heterocycles. The lowest BCUT2D eigenvalue weighted by Crippen LogP contribution is -2.38. The Balaban J connectivity index is 1.32. The van der Waals surface area contributed by atoms with Crippen molar-refractivity contribution in [2.75, 3.05) is 39.5 Å². The van der Waals surface area contributed by atoms with Crippen molar-refractivity contribution in [3.05, 3.63) is 64.8 Å². The molecule has 4 aromatic rings. The third kappa shape index (κ3) is 4.00. The summed E-state index contributed by atoms with van der Waals surface area (Å²) in [6, 6.07) is 16.1. The summed E-state index contributed by atoms with van der Waals surface area (Å²) in [6.07, 6.45) is 2.11. The van der Waals surface area contributed by atoms with Gasteiger partial charge < -0.3 is 9.47 Å². The van der Waals surface area contributed by atoms with Crippen LogP contribution in [0.25, 0.3) is 21.9 Å². The number of aromatic nitrogens is 4. The fourth-order valence-electron chi connectivity index (χ4n) is 4.58. The van der Waals surface area contributed by atoms with Gasteiger partial charge in [0, 0.05) is 25.7 Å². The summed E-state index contributed by atoms with van der Waals surface area (Å²) in [4.78, 5) is 25.1. The number of nitrogens with zero attached hydrogens (tertiary/aromatic N) is 5. The zero-order valence-electron chi connectivity index (χ0n) is 18.5. The van der Waals surface area contributed by atoms with Crippen molar-refractivity contribution in [3.63, 3.8) is 0 Å². The van der Waals surface area contributed by atoms with E-state index in [1.54, 1.807) is 4.57 Å². The summed E-state index contributed by atoms with van der Waals surface area (Å²) in [5.74, 6) is 1.15. The highest BCUT2D eigenvalue weighted by atomic mass is 16.5. The number of rotatable bonds is 7. The van der Waals surface area contributed by atoms with Gasteiger partial charge in [-0.15, -0.1) is 0 Å². The maximum atomic E-state index is 13.3. The molecule has 0 N–H and O–H groups in total. The molecule has 0 spiro atoms. The van der Waals surface area contributed by atoms with Crippen molar-refractivity contribution in [1.82, 2.24) is 24.0 Å². The SMILES string of the molecule is O=c1n(Cc2nc(OCCN3CCOCC3)c3ccccc3n2)c2ccccc2n1C1CC1. The van der Waals surface area contributed by atoms with Crippen LogP contribution in [0.2, 0.25) is 0 Å². The summed E-state index contributed by atoms with van der Waals surface area (Å²) in [7, 11) is 0. The lowest BCUT2D eigenvalue weighted by atomic mass is 10.2. The summed E-state index contributed by atoms with van der Waals surface area (Å²) in [5.41, 5.74) is 2.72. The number of ether oxygens (including phenoxy) is 2. The number of hydrogen-bond acceptors (Lipinski definition) is 6. The van der Waals surface area contributed by atoms with E-state index in [9.17, 15) is 4.79 Å². The second kappa shape index (κ2) is 8.61. The first-order chi connectivity index (χ1) is 16.3. The van der Waals surface area contributed by atoms with Crippen LogP contribution in [-0.4, -0.2) is 63.5 Å². The van der Waals surface area contributed by atoms with Crippen molar-refractivity contribution in [2.45, 2.75) is 25.4 Å². The first-order valence-corrected chi connectivity index (χ1v) is 11.7. The number of benzene rings is 2. The molecule has 170 valence electrons. The van der Waals surface area contributed by atoms with Crippen molar-refractivity contribution in [3.8, 4) is 5.88 Å². The third-order valence-corrected chi connectivity index (χ3v) is 6.45. The van der Waals surface area contributed by atoms with Crippen LogP contribution >= 0.6 is 0 Å². The Kier molecular flexibility index (Phi) is 5.32. The van der Waals surface area contributed by atoms with Gasteiger partial charge in [-0.3, -0.25) is 14.0 Å². The van der Waals surface area contributed by atoms with Crippen LogP contribution in [0.15, 0.2) is 53.3 Å². The number of para-hydroxylation sites is 3. The van der Waals surface area contributed by atoms with E-state index in [4.69, 9.17) is 19.4 Å². The predicted octanol–water partition coefficient (Wildman–Crippen LogP) is 2.84. The summed E-state index contributed by atoms with van der Waals surface area (Å²) in [6.45, 7) is 5.06. The van der Waals surface area contributed by atoms with Crippen LogP contribution in [-0.2, 0) is 11.3 Å². The lowest BCUT2D eigenvalue weighted by Gasteiger charge is -2.26. The van der Waals surface area contributed by atoms with Crippen LogP contribution in [0.3, 0.4) is 0 Å². The number of hydrogen-bond donors (Lipinski definition) is 0. The maximum Gasteiger partial charge on any atom is 0.329 e. The minimum absolute atomic E-state index is 0.00486. The Morgan fingerprint density at radius 1 is 0.970 bits per heavy atom. The smallest absolute Gasteiger partial charge is 0.329 e. The van der Waals surface area contributed by atoms with Crippen molar-refractivity contribution in [2.24, 2.45) is 0 Å². The van der Waals surface area contributed by atoms with Crippen molar-refractivity contribution < 1.29 is 9.47 Å². The van der Waals surface area contributed by atoms with E-state index >= 15 is 0 Å².